The number of para-hydroxylation sites is 2. The van der Waals surface area contributed by atoms with Crippen LogP contribution in [0.2, 0.25) is 0 Å². The number of H-pyrrole nitrogens is 1. The van der Waals surface area contributed by atoms with Gasteiger partial charge >= 0.3 is 5.97 Å². The first-order valence-electron chi connectivity index (χ1n) is 8.33. The molecule has 0 aliphatic carbocycles. The van der Waals surface area contributed by atoms with Gasteiger partial charge in [-0.15, -0.1) is 0 Å². The maximum atomic E-state index is 12.8. The van der Waals surface area contributed by atoms with E-state index < -0.39 is 5.97 Å². The van der Waals surface area contributed by atoms with Crippen LogP contribution >= 0.6 is 0 Å². The molecule has 2 aromatic rings. The second-order valence-electron chi connectivity index (χ2n) is 6.30. The number of methoxy groups -OCH3 is 1. The first kappa shape index (κ1) is 17.8. The van der Waals surface area contributed by atoms with Gasteiger partial charge < -0.3 is 24.1 Å². The van der Waals surface area contributed by atoms with Crippen molar-refractivity contribution in [2.45, 2.75) is 20.0 Å². The molecule has 1 aliphatic rings. The fourth-order valence-electron chi connectivity index (χ4n) is 3.10. The number of amides is 1. The van der Waals surface area contributed by atoms with E-state index >= 15 is 0 Å². The number of aryl methyl sites for hydroxylation is 1. The quantitative estimate of drug-likeness (QED) is 0.849. The summed E-state index contributed by atoms with van der Waals surface area (Å²) >= 11 is 0. The Hall–Kier alpha value is -2.96. The van der Waals surface area contributed by atoms with Gasteiger partial charge in [-0.1, -0.05) is 12.1 Å². The molecule has 138 valence electrons. The summed E-state index contributed by atoms with van der Waals surface area (Å²) < 4.78 is 16.4. The summed E-state index contributed by atoms with van der Waals surface area (Å²) in [6.45, 7) is 4.20. The number of carbonyl (C=O) groups excluding carboxylic acids is 2. The van der Waals surface area contributed by atoms with Crippen molar-refractivity contribution in [2.24, 2.45) is 0 Å². The van der Waals surface area contributed by atoms with Crippen molar-refractivity contribution in [1.82, 2.24) is 9.88 Å². The summed E-state index contributed by atoms with van der Waals surface area (Å²) in [4.78, 5) is 29.3. The predicted octanol–water partition coefficient (Wildman–Crippen LogP) is 2.33. The third-order valence-electron chi connectivity index (χ3n) is 4.43. The van der Waals surface area contributed by atoms with Crippen LogP contribution in [0.5, 0.6) is 11.5 Å². The Morgan fingerprint density at radius 2 is 1.96 bits per heavy atom. The maximum Gasteiger partial charge on any atom is 0.339 e. The Kier molecular flexibility index (Phi) is 4.88. The summed E-state index contributed by atoms with van der Waals surface area (Å²) in [7, 11) is 3.01. The lowest BCUT2D eigenvalue weighted by Gasteiger charge is -2.29. The van der Waals surface area contributed by atoms with Crippen molar-refractivity contribution in [3.05, 3.63) is 46.8 Å². The van der Waals surface area contributed by atoms with Crippen LogP contribution in [-0.2, 0) is 4.74 Å². The van der Waals surface area contributed by atoms with E-state index in [0.29, 0.717) is 47.2 Å². The largest absolute Gasteiger partial charge is 0.486 e. The molecule has 0 saturated heterocycles. The highest BCUT2D eigenvalue weighted by molar-refractivity contribution is 6.00. The molecule has 0 fully saturated rings. The predicted molar refractivity (Wildman–Crippen MR) is 94.9 cm³/mol. The van der Waals surface area contributed by atoms with Crippen LogP contribution in [0.1, 0.15) is 32.1 Å². The van der Waals surface area contributed by atoms with Crippen molar-refractivity contribution in [1.29, 1.82) is 0 Å². The number of fused-ring (bicyclic) bond motifs is 1. The van der Waals surface area contributed by atoms with Crippen molar-refractivity contribution in [3.63, 3.8) is 0 Å². The molecule has 1 aliphatic heterocycles. The van der Waals surface area contributed by atoms with Gasteiger partial charge in [-0.25, -0.2) is 4.79 Å². The van der Waals surface area contributed by atoms with Gasteiger partial charge in [0.25, 0.3) is 5.91 Å². The molecule has 26 heavy (non-hydrogen) atoms. The van der Waals surface area contributed by atoms with Crippen molar-refractivity contribution in [3.8, 4) is 11.5 Å². The van der Waals surface area contributed by atoms with Crippen LogP contribution in [0.15, 0.2) is 24.3 Å². The second kappa shape index (κ2) is 7.11. The molecular weight excluding hydrogens is 336 g/mol. The van der Waals surface area contributed by atoms with E-state index in [1.54, 1.807) is 25.8 Å². The Labute approximate surface area is 151 Å². The molecule has 1 N–H and O–H groups in total. The zero-order valence-corrected chi connectivity index (χ0v) is 15.3. The number of ether oxygens (including phenoxy) is 3. The maximum absolute atomic E-state index is 12.8. The van der Waals surface area contributed by atoms with E-state index in [1.165, 1.54) is 7.11 Å². The van der Waals surface area contributed by atoms with Gasteiger partial charge in [-0.2, -0.15) is 0 Å². The highest BCUT2D eigenvalue weighted by Gasteiger charge is 2.27. The molecule has 3 rings (SSSR count). The smallest absolute Gasteiger partial charge is 0.339 e. The van der Waals surface area contributed by atoms with Crippen LogP contribution < -0.4 is 9.47 Å². The molecule has 1 aromatic carbocycles. The van der Waals surface area contributed by atoms with E-state index in [1.807, 2.05) is 24.3 Å². The number of nitrogens with zero attached hydrogens (tertiary/aromatic N) is 1. The first-order chi connectivity index (χ1) is 12.4. The molecule has 1 atom stereocenters. The molecule has 0 saturated carbocycles. The molecule has 1 aromatic heterocycles. The fraction of sp³-hybridized carbons (Fsp3) is 0.368. The van der Waals surface area contributed by atoms with E-state index in [-0.39, 0.29) is 12.0 Å². The van der Waals surface area contributed by atoms with E-state index in [9.17, 15) is 9.59 Å². The van der Waals surface area contributed by atoms with Gasteiger partial charge in [-0.05, 0) is 31.5 Å². The number of benzene rings is 1. The normalized spacial score (nSPS) is 15.5. The van der Waals surface area contributed by atoms with Crippen molar-refractivity contribution < 1.29 is 23.8 Å². The van der Waals surface area contributed by atoms with Gasteiger partial charge in [0.05, 0.1) is 19.2 Å². The van der Waals surface area contributed by atoms with Crippen molar-refractivity contribution >= 4 is 11.9 Å². The van der Waals surface area contributed by atoms with Gasteiger partial charge in [-0.3, -0.25) is 4.79 Å². The number of nitrogens with one attached hydrogen (secondary N) is 1. The summed E-state index contributed by atoms with van der Waals surface area (Å²) in [6.07, 6.45) is -0.268. The average Bonchev–Trinajstić information content (AvgIpc) is 2.94. The Morgan fingerprint density at radius 1 is 1.27 bits per heavy atom. The number of likely N-dealkylation sites (N-methyl/N-ethyl adjacent to an activating group) is 1. The lowest BCUT2D eigenvalue weighted by atomic mass is 10.1. The standard InChI is InChI=1S/C19H22N2O5/c1-11-16(19(23)24-4)12(2)20-17(11)18(22)21(3)9-13-10-25-14-7-5-6-8-15(14)26-13/h5-8,13,20H,9-10H2,1-4H3. The minimum absolute atomic E-state index is 0.219. The molecule has 2 heterocycles. The summed E-state index contributed by atoms with van der Waals surface area (Å²) in [5.74, 6) is 0.697. The van der Waals surface area contributed by atoms with E-state index in [4.69, 9.17) is 14.2 Å². The molecule has 7 nitrogen and oxygen atoms in total. The van der Waals surface area contributed by atoms with Crippen LogP contribution in [0.25, 0.3) is 0 Å². The molecule has 0 bridgehead atoms. The van der Waals surface area contributed by atoms with E-state index in [0.717, 1.165) is 0 Å². The number of carbonyl (C=O) groups is 2. The van der Waals surface area contributed by atoms with Crippen LogP contribution in [0.4, 0.5) is 0 Å². The van der Waals surface area contributed by atoms with Gasteiger partial charge in [0.2, 0.25) is 0 Å². The fourth-order valence-corrected chi connectivity index (χ4v) is 3.10. The topological polar surface area (TPSA) is 80.9 Å². The molecule has 7 heteroatoms. The molecular formula is C19H22N2O5. The average molecular weight is 358 g/mol. The minimum atomic E-state index is -0.460. The lowest BCUT2D eigenvalue weighted by molar-refractivity contribution is 0.0517. The highest BCUT2D eigenvalue weighted by atomic mass is 16.6. The molecule has 0 radical (unpaired) electrons. The monoisotopic (exact) mass is 358 g/mol. The number of hydrogen-bond donors (Lipinski definition) is 1. The Balaban J connectivity index is 1.72. The third-order valence-corrected chi connectivity index (χ3v) is 4.43. The number of aromatic nitrogens is 1. The number of esters is 1. The van der Waals surface area contributed by atoms with E-state index in [2.05, 4.69) is 4.98 Å². The second-order valence-corrected chi connectivity index (χ2v) is 6.30. The zero-order valence-electron chi connectivity index (χ0n) is 15.3. The first-order valence-corrected chi connectivity index (χ1v) is 8.33. The minimum Gasteiger partial charge on any atom is -0.486 e. The summed E-state index contributed by atoms with van der Waals surface area (Å²) in [5.41, 5.74) is 1.97. The lowest BCUT2D eigenvalue weighted by Crippen LogP contribution is -2.42. The number of hydrogen-bond acceptors (Lipinski definition) is 5. The summed E-state index contributed by atoms with van der Waals surface area (Å²) in [6, 6.07) is 7.44. The number of aromatic amines is 1. The van der Waals surface area contributed by atoms with Crippen LogP contribution in [0.3, 0.4) is 0 Å². The highest BCUT2D eigenvalue weighted by Crippen LogP contribution is 2.31. The zero-order chi connectivity index (χ0) is 18.8. The van der Waals surface area contributed by atoms with Gasteiger partial charge in [0.1, 0.15) is 12.3 Å². The van der Waals surface area contributed by atoms with Crippen LogP contribution in [0, 0.1) is 13.8 Å². The van der Waals surface area contributed by atoms with Crippen molar-refractivity contribution in [2.75, 3.05) is 27.3 Å². The third kappa shape index (κ3) is 3.24. The van der Waals surface area contributed by atoms with Gasteiger partial charge in [0.15, 0.2) is 17.6 Å². The van der Waals surface area contributed by atoms with Gasteiger partial charge in [0, 0.05) is 12.7 Å². The Bertz CT molecular complexity index is 842. The van der Waals surface area contributed by atoms with Crippen LogP contribution in [-0.4, -0.2) is 55.2 Å². The SMILES string of the molecule is COC(=O)c1c(C)[nH]c(C(=O)N(C)CC2COc3ccccc3O2)c1C. The number of rotatable bonds is 4. The molecule has 0 spiro atoms. The Morgan fingerprint density at radius 3 is 2.65 bits per heavy atom. The summed E-state index contributed by atoms with van der Waals surface area (Å²) in [5, 5.41) is 0. The molecule has 1 amide bonds. The molecule has 1 unspecified atom stereocenters.